The SMILES string of the molecule is COC(=O)c1[nH]c(-c2ccc[nH]2)c(C=O)c1C. The topological polar surface area (TPSA) is 75.0 Å². The van der Waals surface area contributed by atoms with Gasteiger partial charge in [0.05, 0.1) is 18.5 Å². The minimum atomic E-state index is -0.483. The number of carbonyl (C=O) groups excluding carboxylic acids is 2. The lowest BCUT2D eigenvalue weighted by molar-refractivity contribution is 0.0594. The van der Waals surface area contributed by atoms with Crippen LogP contribution in [0.5, 0.6) is 0 Å². The first kappa shape index (κ1) is 11.2. The van der Waals surface area contributed by atoms with Crippen LogP contribution < -0.4 is 0 Å². The first-order valence-corrected chi connectivity index (χ1v) is 5.08. The van der Waals surface area contributed by atoms with E-state index < -0.39 is 5.97 Å². The van der Waals surface area contributed by atoms with Crippen molar-refractivity contribution >= 4 is 12.3 Å². The summed E-state index contributed by atoms with van der Waals surface area (Å²) in [6.07, 6.45) is 2.48. The van der Waals surface area contributed by atoms with E-state index in [-0.39, 0.29) is 0 Å². The van der Waals surface area contributed by atoms with Crippen molar-refractivity contribution in [2.45, 2.75) is 6.92 Å². The third-order valence-corrected chi connectivity index (χ3v) is 2.67. The summed E-state index contributed by atoms with van der Waals surface area (Å²) in [7, 11) is 1.30. The molecule has 0 unspecified atom stereocenters. The molecule has 0 amide bonds. The number of hydrogen-bond acceptors (Lipinski definition) is 3. The summed E-state index contributed by atoms with van der Waals surface area (Å²) in [6.45, 7) is 1.71. The number of aromatic amines is 2. The van der Waals surface area contributed by atoms with Crippen LogP contribution in [-0.2, 0) is 4.74 Å². The molecule has 5 nitrogen and oxygen atoms in total. The highest BCUT2D eigenvalue weighted by atomic mass is 16.5. The van der Waals surface area contributed by atoms with Gasteiger partial charge in [0.2, 0.25) is 0 Å². The summed E-state index contributed by atoms with van der Waals surface area (Å²) in [4.78, 5) is 28.5. The Morgan fingerprint density at radius 1 is 1.47 bits per heavy atom. The molecule has 2 aromatic rings. The second-order valence-electron chi connectivity index (χ2n) is 3.61. The van der Waals surface area contributed by atoms with Crippen molar-refractivity contribution in [3.05, 3.63) is 35.2 Å². The molecule has 0 saturated carbocycles. The molecule has 0 bridgehead atoms. The van der Waals surface area contributed by atoms with Crippen LogP contribution in [-0.4, -0.2) is 29.3 Å². The summed E-state index contributed by atoms with van der Waals surface area (Å²) in [6, 6.07) is 3.64. The maximum Gasteiger partial charge on any atom is 0.354 e. The van der Waals surface area contributed by atoms with Crippen LogP contribution in [0.25, 0.3) is 11.4 Å². The van der Waals surface area contributed by atoms with Crippen molar-refractivity contribution in [3.8, 4) is 11.4 Å². The molecule has 0 aliphatic heterocycles. The average molecular weight is 232 g/mol. The lowest BCUT2D eigenvalue weighted by atomic mass is 10.1. The minimum Gasteiger partial charge on any atom is -0.464 e. The summed E-state index contributed by atoms with van der Waals surface area (Å²) in [5, 5.41) is 0. The maximum atomic E-state index is 11.5. The number of ether oxygens (including phenoxy) is 1. The fraction of sp³-hybridized carbons (Fsp3) is 0.167. The van der Waals surface area contributed by atoms with Gasteiger partial charge in [0.25, 0.3) is 0 Å². The van der Waals surface area contributed by atoms with Crippen LogP contribution >= 0.6 is 0 Å². The zero-order chi connectivity index (χ0) is 12.4. The van der Waals surface area contributed by atoms with Crippen molar-refractivity contribution in [1.82, 2.24) is 9.97 Å². The Hall–Kier alpha value is -2.30. The molecule has 88 valence electrons. The number of aldehydes is 1. The number of esters is 1. The van der Waals surface area contributed by atoms with Gasteiger partial charge in [0, 0.05) is 11.8 Å². The highest BCUT2D eigenvalue weighted by molar-refractivity contribution is 5.97. The van der Waals surface area contributed by atoms with E-state index in [1.807, 2.05) is 12.1 Å². The molecular formula is C12H12N2O3. The van der Waals surface area contributed by atoms with E-state index in [9.17, 15) is 9.59 Å². The molecular weight excluding hydrogens is 220 g/mol. The number of aromatic nitrogens is 2. The number of rotatable bonds is 3. The van der Waals surface area contributed by atoms with Crippen LogP contribution in [0.4, 0.5) is 0 Å². The van der Waals surface area contributed by atoms with Crippen molar-refractivity contribution < 1.29 is 14.3 Å². The molecule has 0 atom stereocenters. The molecule has 0 aromatic carbocycles. The molecule has 0 aliphatic rings. The largest absolute Gasteiger partial charge is 0.464 e. The van der Waals surface area contributed by atoms with Crippen molar-refractivity contribution in [3.63, 3.8) is 0 Å². The molecule has 0 radical (unpaired) electrons. The molecule has 0 spiro atoms. The number of methoxy groups -OCH3 is 1. The molecule has 2 N–H and O–H groups in total. The van der Waals surface area contributed by atoms with Crippen LogP contribution in [0, 0.1) is 6.92 Å². The molecule has 2 heterocycles. The van der Waals surface area contributed by atoms with Gasteiger partial charge in [-0.05, 0) is 24.6 Å². The van der Waals surface area contributed by atoms with Crippen LogP contribution in [0.15, 0.2) is 18.3 Å². The van der Waals surface area contributed by atoms with Gasteiger partial charge in [0.1, 0.15) is 5.69 Å². The number of H-pyrrole nitrogens is 2. The minimum absolute atomic E-state index is 0.305. The van der Waals surface area contributed by atoms with Gasteiger partial charge in [0.15, 0.2) is 6.29 Å². The summed E-state index contributed by atoms with van der Waals surface area (Å²) in [5.41, 5.74) is 2.72. The fourth-order valence-electron chi connectivity index (χ4n) is 1.76. The molecule has 0 aliphatic carbocycles. The van der Waals surface area contributed by atoms with E-state index >= 15 is 0 Å². The third kappa shape index (κ3) is 1.75. The average Bonchev–Trinajstić information content (AvgIpc) is 2.95. The second-order valence-corrected chi connectivity index (χ2v) is 3.61. The number of carbonyl (C=O) groups is 2. The van der Waals surface area contributed by atoms with E-state index in [1.54, 1.807) is 13.1 Å². The lowest BCUT2D eigenvalue weighted by Crippen LogP contribution is -2.03. The van der Waals surface area contributed by atoms with Gasteiger partial charge < -0.3 is 14.7 Å². The quantitative estimate of drug-likeness (QED) is 0.627. The Bertz CT molecular complexity index is 553. The standard InChI is InChI=1S/C12H12N2O3/c1-7-8(6-15)11(9-4-3-5-13-9)14-10(7)12(16)17-2/h3-6,13-14H,1-2H3. The highest BCUT2D eigenvalue weighted by Gasteiger charge is 2.20. The Morgan fingerprint density at radius 2 is 2.24 bits per heavy atom. The molecule has 2 rings (SSSR count). The van der Waals surface area contributed by atoms with Gasteiger partial charge in [-0.25, -0.2) is 4.79 Å². The van der Waals surface area contributed by atoms with Crippen molar-refractivity contribution in [2.75, 3.05) is 7.11 Å². The normalized spacial score (nSPS) is 10.2. The molecule has 0 saturated heterocycles. The summed E-state index contributed by atoms with van der Waals surface area (Å²) < 4.78 is 4.65. The monoisotopic (exact) mass is 232 g/mol. The molecule has 0 fully saturated rings. The fourth-order valence-corrected chi connectivity index (χ4v) is 1.76. The van der Waals surface area contributed by atoms with Crippen LogP contribution in [0.3, 0.4) is 0 Å². The zero-order valence-electron chi connectivity index (χ0n) is 9.53. The smallest absolute Gasteiger partial charge is 0.354 e. The molecule has 17 heavy (non-hydrogen) atoms. The molecule has 2 aromatic heterocycles. The second kappa shape index (κ2) is 4.29. The van der Waals surface area contributed by atoms with Crippen LogP contribution in [0.2, 0.25) is 0 Å². The van der Waals surface area contributed by atoms with E-state index in [1.165, 1.54) is 7.11 Å². The Kier molecular flexibility index (Phi) is 2.82. The van der Waals surface area contributed by atoms with Gasteiger partial charge in [-0.2, -0.15) is 0 Å². The van der Waals surface area contributed by atoms with Gasteiger partial charge in [-0.3, -0.25) is 4.79 Å². The predicted molar refractivity (Wildman–Crippen MR) is 62.0 cm³/mol. The zero-order valence-corrected chi connectivity index (χ0v) is 9.53. The van der Waals surface area contributed by atoms with Gasteiger partial charge in [-0.1, -0.05) is 0 Å². The highest BCUT2D eigenvalue weighted by Crippen LogP contribution is 2.25. The van der Waals surface area contributed by atoms with Crippen LogP contribution in [0.1, 0.15) is 26.4 Å². The van der Waals surface area contributed by atoms with Gasteiger partial charge >= 0.3 is 5.97 Å². The summed E-state index contributed by atoms with van der Waals surface area (Å²) in [5.74, 6) is -0.483. The summed E-state index contributed by atoms with van der Waals surface area (Å²) >= 11 is 0. The van der Waals surface area contributed by atoms with Crippen molar-refractivity contribution in [2.24, 2.45) is 0 Å². The number of hydrogen-bond donors (Lipinski definition) is 2. The first-order valence-electron chi connectivity index (χ1n) is 5.08. The number of nitrogens with one attached hydrogen (secondary N) is 2. The van der Waals surface area contributed by atoms with E-state index in [0.717, 1.165) is 12.0 Å². The Morgan fingerprint density at radius 3 is 2.76 bits per heavy atom. The lowest BCUT2D eigenvalue weighted by Gasteiger charge is -1.96. The van der Waals surface area contributed by atoms with E-state index in [4.69, 9.17) is 0 Å². The molecule has 5 heteroatoms. The first-order chi connectivity index (χ1) is 8.19. The maximum absolute atomic E-state index is 11.5. The van der Waals surface area contributed by atoms with E-state index in [2.05, 4.69) is 14.7 Å². The Balaban J connectivity index is 2.61. The van der Waals surface area contributed by atoms with E-state index in [0.29, 0.717) is 22.5 Å². The third-order valence-electron chi connectivity index (χ3n) is 2.67. The predicted octanol–water partition coefficient (Wildman–Crippen LogP) is 1.92. The van der Waals surface area contributed by atoms with Gasteiger partial charge in [-0.15, -0.1) is 0 Å². The Labute approximate surface area is 97.8 Å². The van der Waals surface area contributed by atoms with Crippen molar-refractivity contribution in [1.29, 1.82) is 0 Å².